The van der Waals surface area contributed by atoms with E-state index in [1.807, 2.05) is 30.3 Å². The number of benzene rings is 2. The Hall–Kier alpha value is -2.69. The second-order valence-electron chi connectivity index (χ2n) is 4.85. The first-order valence-electron chi connectivity index (χ1n) is 6.90. The van der Waals surface area contributed by atoms with Gasteiger partial charge in [0.2, 0.25) is 5.91 Å². The van der Waals surface area contributed by atoms with Gasteiger partial charge in [0.1, 0.15) is 12.2 Å². The van der Waals surface area contributed by atoms with Crippen LogP contribution in [0.3, 0.4) is 0 Å². The third-order valence-electron chi connectivity index (χ3n) is 3.38. The van der Waals surface area contributed by atoms with Gasteiger partial charge in [-0.15, -0.1) is 0 Å². The number of carbonyl (C=O) groups is 1. The summed E-state index contributed by atoms with van der Waals surface area (Å²) >= 11 is 0. The maximum atomic E-state index is 12.0. The summed E-state index contributed by atoms with van der Waals surface area (Å²) in [5.74, 6) is 0.798. The molecular formula is C16H16N4O. The predicted molar refractivity (Wildman–Crippen MR) is 80.7 cm³/mol. The summed E-state index contributed by atoms with van der Waals surface area (Å²) in [5.41, 5.74) is 1.05. The molecule has 0 aliphatic carbocycles. The molecule has 0 fully saturated rings. The van der Waals surface area contributed by atoms with Gasteiger partial charge >= 0.3 is 0 Å². The van der Waals surface area contributed by atoms with Crippen LogP contribution < -0.4 is 5.32 Å². The van der Waals surface area contributed by atoms with Gasteiger partial charge in [0.25, 0.3) is 0 Å². The van der Waals surface area contributed by atoms with E-state index in [9.17, 15) is 4.79 Å². The molecule has 0 radical (unpaired) electrons. The molecule has 0 aliphatic rings. The summed E-state index contributed by atoms with van der Waals surface area (Å²) in [4.78, 5) is 16.0. The summed E-state index contributed by atoms with van der Waals surface area (Å²) < 4.78 is 0. The minimum Gasteiger partial charge on any atom is -0.355 e. The van der Waals surface area contributed by atoms with Crippen LogP contribution in [0.2, 0.25) is 0 Å². The van der Waals surface area contributed by atoms with Crippen LogP contribution in [0, 0.1) is 0 Å². The number of amides is 1. The predicted octanol–water partition coefficient (Wildman–Crippen LogP) is 1.86. The lowest BCUT2D eigenvalue weighted by Crippen LogP contribution is -2.27. The summed E-state index contributed by atoms with van der Waals surface area (Å²) in [7, 11) is 0. The highest BCUT2D eigenvalue weighted by Gasteiger charge is 2.06. The fourth-order valence-electron chi connectivity index (χ4n) is 2.35. The zero-order valence-corrected chi connectivity index (χ0v) is 11.5. The van der Waals surface area contributed by atoms with E-state index in [-0.39, 0.29) is 5.91 Å². The molecule has 1 aromatic heterocycles. The van der Waals surface area contributed by atoms with Crippen LogP contribution in [-0.4, -0.2) is 27.6 Å². The van der Waals surface area contributed by atoms with Crippen molar-refractivity contribution >= 4 is 16.7 Å². The van der Waals surface area contributed by atoms with Crippen molar-refractivity contribution in [2.75, 3.05) is 6.54 Å². The molecule has 5 nitrogen and oxygen atoms in total. The molecule has 3 aromatic rings. The van der Waals surface area contributed by atoms with Gasteiger partial charge in [0.15, 0.2) is 0 Å². The molecule has 0 aliphatic heterocycles. The third kappa shape index (κ3) is 3.25. The van der Waals surface area contributed by atoms with Crippen molar-refractivity contribution in [3.63, 3.8) is 0 Å². The van der Waals surface area contributed by atoms with Gasteiger partial charge in [-0.1, -0.05) is 42.5 Å². The van der Waals surface area contributed by atoms with Crippen LogP contribution in [-0.2, 0) is 17.6 Å². The van der Waals surface area contributed by atoms with Crippen molar-refractivity contribution < 1.29 is 4.79 Å². The smallest absolute Gasteiger partial charge is 0.224 e. The lowest BCUT2D eigenvalue weighted by Gasteiger charge is -2.07. The van der Waals surface area contributed by atoms with Crippen molar-refractivity contribution in [1.82, 2.24) is 20.5 Å². The van der Waals surface area contributed by atoms with Crippen LogP contribution in [0.5, 0.6) is 0 Å². The van der Waals surface area contributed by atoms with Crippen LogP contribution >= 0.6 is 0 Å². The largest absolute Gasteiger partial charge is 0.355 e. The first-order chi connectivity index (χ1) is 10.3. The Morgan fingerprint density at radius 3 is 2.86 bits per heavy atom. The van der Waals surface area contributed by atoms with Crippen molar-refractivity contribution in [2.45, 2.75) is 12.8 Å². The molecule has 106 valence electrons. The van der Waals surface area contributed by atoms with Crippen LogP contribution in [0.25, 0.3) is 10.8 Å². The number of rotatable bonds is 5. The van der Waals surface area contributed by atoms with Crippen molar-refractivity contribution in [2.24, 2.45) is 0 Å². The highest BCUT2D eigenvalue weighted by molar-refractivity contribution is 5.90. The fraction of sp³-hybridized carbons (Fsp3) is 0.188. The molecule has 0 atom stereocenters. The van der Waals surface area contributed by atoms with Gasteiger partial charge in [-0.3, -0.25) is 9.89 Å². The number of H-pyrrole nitrogens is 1. The minimum absolute atomic E-state index is 0.0193. The van der Waals surface area contributed by atoms with Crippen LogP contribution in [0.15, 0.2) is 48.8 Å². The Bertz CT molecular complexity index is 732. The first kappa shape index (κ1) is 13.3. The molecule has 2 N–H and O–H groups in total. The van der Waals surface area contributed by atoms with Crippen molar-refractivity contribution in [3.8, 4) is 0 Å². The molecule has 2 aromatic carbocycles. The van der Waals surface area contributed by atoms with Gasteiger partial charge in [0, 0.05) is 13.0 Å². The van der Waals surface area contributed by atoms with Gasteiger partial charge in [-0.05, 0) is 16.3 Å². The van der Waals surface area contributed by atoms with E-state index in [1.165, 1.54) is 6.33 Å². The molecule has 0 saturated carbocycles. The number of carbonyl (C=O) groups excluding carboxylic acids is 1. The van der Waals surface area contributed by atoms with E-state index in [4.69, 9.17) is 0 Å². The number of aromatic amines is 1. The molecule has 3 rings (SSSR count). The maximum Gasteiger partial charge on any atom is 0.224 e. The van der Waals surface area contributed by atoms with Crippen molar-refractivity contribution in [1.29, 1.82) is 0 Å². The Morgan fingerprint density at radius 1 is 1.14 bits per heavy atom. The van der Waals surface area contributed by atoms with E-state index >= 15 is 0 Å². The highest BCUT2D eigenvalue weighted by Crippen LogP contribution is 2.18. The SMILES string of the molecule is O=C(Cc1cccc2ccccc12)NCCc1ncn[nH]1. The number of hydrogen-bond acceptors (Lipinski definition) is 3. The number of fused-ring (bicyclic) bond motifs is 1. The lowest BCUT2D eigenvalue weighted by atomic mass is 10.0. The number of nitrogens with one attached hydrogen (secondary N) is 2. The van der Waals surface area contributed by atoms with Gasteiger partial charge in [0.05, 0.1) is 6.42 Å². The van der Waals surface area contributed by atoms with E-state index in [2.05, 4.69) is 32.6 Å². The fourth-order valence-corrected chi connectivity index (χ4v) is 2.35. The second-order valence-corrected chi connectivity index (χ2v) is 4.85. The van der Waals surface area contributed by atoms with Crippen LogP contribution in [0.4, 0.5) is 0 Å². The van der Waals surface area contributed by atoms with E-state index in [0.29, 0.717) is 19.4 Å². The molecule has 0 spiro atoms. The Balaban J connectivity index is 1.61. The minimum atomic E-state index is 0.0193. The Morgan fingerprint density at radius 2 is 2.00 bits per heavy atom. The van der Waals surface area contributed by atoms with E-state index in [1.54, 1.807) is 0 Å². The number of aromatic nitrogens is 3. The highest BCUT2D eigenvalue weighted by atomic mass is 16.1. The van der Waals surface area contributed by atoms with Gasteiger partial charge in [-0.2, -0.15) is 5.10 Å². The van der Waals surface area contributed by atoms with Crippen molar-refractivity contribution in [3.05, 3.63) is 60.2 Å². The summed E-state index contributed by atoms with van der Waals surface area (Å²) in [6, 6.07) is 14.1. The number of nitrogens with zero attached hydrogens (tertiary/aromatic N) is 2. The lowest BCUT2D eigenvalue weighted by molar-refractivity contribution is -0.120. The standard InChI is InChI=1S/C16H16N4O/c21-16(17-9-8-15-18-11-19-20-15)10-13-6-3-5-12-4-1-2-7-14(12)13/h1-7,11H,8-10H2,(H,17,21)(H,18,19,20). The zero-order valence-electron chi connectivity index (χ0n) is 11.5. The quantitative estimate of drug-likeness (QED) is 0.749. The Kier molecular flexibility index (Phi) is 3.91. The molecule has 1 amide bonds. The molecule has 0 bridgehead atoms. The average Bonchev–Trinajstić information content (AvgIpc) is 3.01. The molecule has 0 unspecified atom stereocenters. The molecule has 5 heteroatoms. The van der Waals surface area contributed by atoms with E-state index in [0.717, 1.165) is 22.2 Å². The van der Waals surface area contributed by atoms with Gasteiger partial charge in [-0.25, -0.2) is 4.98 Å². The maximum absolute atomic E-state index is 12.0. The van der Waals surface area contributed by atoms with Crippen LogP contribution in [0.1, 0.15) is 11.4 Å². The average molecular weight is 280 g/mol. The normalized spacial score (nSPS) is 10.7. The molecule has 21 heavy (non-hydrogen) atoms. The molecule has 1 heterocycles. The topological polar surface area (TPSA) is 70.7 Å². The van der Waals surface area contributed by atoms with Gasteiger partial charge < -0.3 is 5.32 Å². The summed E-state index contributed by atoms with van der Waals surface area (Å²) in [5, 5.41) is 11.7. The summed E-state index contributed by atoms with van der Waals surface area (Å²) in [6.45, 7) is 0.554. The third-order valence-corrected chi connectivity index (χ3v) is 3.38. The zero-order chi connectivity index (χ0) is 14.5. The summed E-state index contributed by atoms with van der Waals surface area (Å²) in [6.07, 6.45) is 2.51. The first-order valence-corrected chi connectivity index (χ1v) is 6.90. The second kappa shape index (κ2) is 6.17. The van der Waals surface area contributed by atoms with E-state index < -0.39 is 0 Å². The monoisotopic (exact) mass is 280 g/mol. The molecule has 0 saturated heterocycles. The number of hydrogen-bond donors (Lipinski definition) is 2. The Labute approximate surface area is 122 Å². The molecular weight excluding hydrogens is 264 g/mol.